The van der Waals surface area contributed by atoms with Gasteiger partial charge in [-0.15, -0.1) is 0 Å². The molecule has 0 radical (unpaired) electrons. The van der Waals surface area contributed by atoms with Crippen molar-refractivity contribution in [3.05, 3.63) is 70.0 Å². The number of nitrogens with zero attached hydrogens (tertiary/aromatic N) is 3. The zero-order valence-corrected chi connectivity index (χ0v) is 11.4. The Kier molecular flexibility index (Phi) is 4.79. The van der Waals surface area contributed by atoms with Crippen LogP contribution in [-0.2, 0) is 13.0 Å². The minimum atomic E-state index is -0.380. The third-order valence-electron chi connectivity index (χ3n) is 3.08. The van der Waals surface area contributed by atoms with Gasteiger partial charge in [0, 0.05) is 43.5 Å². The summed E-state index contributed by atoms with van der Waals surface area (Å²) in [4.78, 5) is 16.7. The molecular formula is C15H17N3O2. The fourth-order valence-electron chi connectivity index (χ4n) is 1.97. The van der Waals surface area contributed by atoms with Crippen LogP contribution >= 0.6 is 0 Å². The number of hydrogen-bond acceptors (Lipinski definition) is 4. The Morgan fingerprint density at radius 2 is 1.95 bits per heavy atom. The normalized spacial score (nSPS) is 10.7. The first-order chi connectivity index (χ1) is 9.65. The summed E-state index contributed by atoms with van der Waals surface area (Å²) in [6.07, 6.45) is 2.69. The molecule has 0 atom stereocenters. The molecule has 104 valence electrons. The van der Waals surface area contributed by atoms with E-state index in [1.54, 1.807) is 30.5 Å². The Bertz CT molecular complexity index is 555. The molecule has 1 aromatic carbocycles. The molecule has 1 aromatic heterocycles. The van der Waals surface area contributed by atoms with E-state index in [0.717, 1.165) is 30.8 Å². The summed E-state index contributed by atoms with van der Waals surface area (Å²) in [5.74, 6) is 0. The molecule has 0 aliphatic rings. The van der Waals surface area contributed by atoms with Crippen molar-refractivity contribution in [2.45, 2.75) is 13.0 Å². The number of aromatic nitrogens is 1. The van der Waals surface area contributed by atoms with Crippen LogP contribution in [0.15, 0.2) is 48.7 Å². The summed E-state index contributed by atoms with van der Waals surface area (Å²) < 4.78 is 0. The van der Waals surface area contributed by atoms with Gasteiger partial charge in [0.15, 0.2) is 0 Å². The second-order valence-electron chi connectivity index (χ2n) is 4.73. The van der Waals surface area contributed by atoms with Gasteiger partial charge in [-0.3, -0.25) is 15.1 Å². The monoisotopic (exact) mass is 271 g/mol. The van der Waals surface area contributed by atoms with E-state index in [4.69, 9.17) is 0 Å². The molecule has 0 fully saturated rings. The SMILES string of the molecule is CN(CCc1ccccn1)Cc1ccc([N+](=O)[O-])cc1. The average Bonchev–Trinajstić information content (AvgIpc) is 2.47. The molecule has 0 saturated heterocycles. The van der Waals surface area contributed by atoms with E-state index >= 15 is 0 Å². The first kappa shape index (κ1) is 14.1. The van der Waals surface area contributed by atoms with Gasteiger partial charge in [-0.2, -0.15) is 0 Å². The second kappa shape index (κ2) is 6.77. The lowest BCUT2D eigenvalue weighted by Crippen LogP contribution is -2.21. The van der Waals surface area contributed by atoms with Gasteiger partial charge in [-0.25, -0.2) is 0 Å². The molecule has 0 bridgehead atoms. The largest absolute Gasteiger partial charge is 0.302 e. The van der Waals surface area contributed by atoms with Crippen molar-refractivity contribution < 1.29 is 4.92 Å². The summed E-state index contributed by atoms with van der Waals surface area (Å²) in [7, 11) is 2.03. The Morgan fingerprint density at radius 3 is 2.55 bits per heavy atom. The molecular weight excluding hydrogens is 254 g/mol. The van der Waals surface area contributed by atoms with Crippen LogP contribution in [-0.4, -0.2) is 28.4 Å². The third-order valence-corrected chi connectivity index (χ3v) is 3.08. The van der Waals surface area contributed by atoms with Crippen LogP contribution in [0.3, 0.4) is 0 Å². The first-order valence-electron chi connectivity index (χ1n) is 6.47. The highest BCUT2D eigenvalue weighted by Gasteiger charge is 2.06. The molecule has 0 spiro atoms. The lowest BCUT2D eigenvalue weighted by molar-refractivity contribution is -0.384. The van der Waals surface area contributed by atoms with Gasteiger partial charge in [0.2, 0.25) is 0 Å². The summed E-state index contributed by atoms with van der Waals surface area (Å²) in [6, 6.07) is 12.6. The minimum absolute atomic E-state index is 0.130. The van der Waals surface area contributed by atoms with Crippen molar-refractivity contribution in [2.24, 2.45) is 0 Å². The minimum Gasteiger partial charge on any atom is -0.302 e. The summed E-state index contributed by atoms with van der Waals surface area (Å²) in [5.41, 5.74) is 2.27. The zero-order chi connectivity index (χ0) is 14.4. The van der Waals surface area contributed by atoms with Crippen LogP contribution in [0.2, 0.25) is 0 Å². The standard InChI is InChI=1S/C15H17N3O2/c1-17(11-9-14-4-2-3-10-16-14)12-13-5-7-15(8-6-13)18(19)20/h2-8,10H,9,11-12H2,1H3. The zero-order valence-electron chi connectivity index (χ0n) is 11.4. The second-order valence-corrected chi connectivity index (χ2v) is 4.73. The molecule has 0 unspecified atom stereocenters. The number of rotatable bonds is 6. The highest BCUT2D eigenvalue weighted by atomic mass is 16.6. The number of likely N-dealkylation sites (N-methyl/N-ethyl adjacent to an activating group) is 1. The number of non-ortho nitro benzene ring substituents is 1. The molecule has 5 nitrogen and oxygen atoms in total. The highest BCUT2D eigenvalue weighted by Crippen LogP contribution is 2.13. The molecule has 2 aromatic rings. The number of benzene rings is 1. The van der Waals surface area contributed by atoms with Gasteiger partial charge in [-0.1, -0.05) is 18.2 Å². The van der Waals surface area contributed by atoms with Crippen LogP contribution in [0.1, 0.15) is 11.3 Å². The van der Waals surface area contributed by atoms with Crippen molar-refractivity contribution in [3.63, 3.8) is 0 Å². The predicted octanol–water partition coefficient (Wildman–Crippen LogP) is 2.66. The van der Waals surface area contributed by atoms with Crippen molar-refractivity contribution in [1.82, 2.24) is 9.88 Å². The number of pyridine rings is 1. The van der Waals surface area contributed by atoms with Crippen molar-refractivity contribution in [1.29, 1.82) is 0 Å². The maximum atomic E-state index is 10.6. The van der Waals surface area contributed by atoms with E-state index in [9.17, 15) is 10.1 Å². The number of hydrogen-bond donors (Lipinski definition) is 0. The average molecular weight is 271 g/mol. The quantitative estimate of drug-likeness (QED) is 0.598. The van der Waals surface area contributed by atoms with E-state index in [2.05, 4.69) is 9.88 Å². The molecule has 0 aliphatic carbocycles. The van der Waals surface area contributed by atoms with Gasteiger partial charge in [0.1, 0.15) is 0 Å². The van der Waals surface area contributed by atoms with Crippen LogP contribution < -0.4 is 0 Å². The third kappa shape index (κ3) is 4.13. The van der Waals surface area contributed by atoms with Crippen LogP contribution in [0, 0.1) is 10.1 Å². The molecule has 0 saturated carbocycles. The smallest absolute Gasteiger partial charge is 0.269 e. The molecule has 0 aliphatic heterocycles. The Labute approximate surface area is 118 Å². The number of nitro groups is 1. The van der Waals surface area contributed by atoms with E-state index < -0.39 is 0 Å². The van der Waals surface area contributed by atoms with Crippen molar-refractivity contribution in [2.75, 3.05) is 13.6 Å². The van der Waals surface area contributed by atoms with E-state index in [0.29, 0.717) is 0 Å². The Morgan fingerprint density at radius 1 is 1.20 bits per heavy atom. The van der Waals surface area contributed by atoms with Crippen molar-refractivity contribution >= 4 is 5.69 Å². The van der Waals surface area contributed by atoms with Crippen LogP contribution in [0.4, 0.5) is 5.69 Å². The number of nitro benzene ring substituents is 1. The molecule has 0 amide bonds. The summed E-state index contributed by atoms with van der Waals surface area (Å²) >= 11 is 0. The van der Waals surface area contributed by atoms with Gasteiger partial charge < -0.3 is 4.90 Å². The lowest BCUT2D eigenvalue weighted by atomic mass is 10.2. The molecule has 0 N–H and O–H groups in total. The summed E-state index contributed by atoms with van der Waals surface area (Å²) in [6.45, 7) is 1.67. The molecule has 5 heteroatoms. The molecule has 1 heterocycles. The fourth-order valence-corrected chi connectivity index (χ4v) is 1.97. The maximum absolute atomic E-state index is 10.6. The fraction of sp³-hybridized carbons (Fsp3) is 0.267. The Hall–Kier alpha value is -2.27. The Balaban J connectivity index is 1.85. The first-order valence-corrected chi connectivity index (χ1v) is 6.47. The van der Waals surface area contributed by atoms with Gasteiger partial charge in [0.25, 0.3) is 5.69 Å². The van der Waals surface area contributed by atoms with Gasteiger partial charge in [-0.05, 0) is 24.7 Å². The van der Waals surface area contributed by atoms with E-state index in [1.165, 1.54) is 0 Å². The molecule has 2 rings (SSSR count). The van der Waals surface area contributed by atoms with Crippen LogP contribution in [0.5, 0.6) is 0 Å². The van der Waals surface area contributed by atoms with Crippen molar-refractivity contribution in [3.8, 4) is 0 Å². The summed E-state index contributed by atoms with van der Waals surface area (Å²) in [5, 5.41) is 10.6. The predicted molar refractivity (Wildman–Crippen MR) is 77.4 cm³/mol. The topological polar surface area (TPSA) is 59.3 Å². The lowest BCUT2D eigenvalue weighted by Gasteiger charge is -2.16. The van der Waals surface area contributed by atoms with Gasteiger partial charge in [0.05, 0.1) is 4.92 Å². The molecule has 20 heavy (non-hydrogen) atoms. The highest BCUT2D eigenvalue weighted by molar-refractivity contribution is 5.32. The van der Waals surface area contributed by atoms with Gasteiger partial charge >= 0.3 is 0 Å². The van der Waals surface area contributed by atoms with E-state index in [1.807, 2.05) is 25.2 Å². The maximum Gasteiger partial charge on any atom is 0.269 e. The van der Waals surface area contributed by atoms with E-state index in [-0.39, 0.29) is 10.6 Å². The van der Waals surface area contributed by atoms with Crippen LogP contribution in [0.25, 0.3) is 0 Å².